The molecular formula is C24H32ClN3O7S. The Morgan fingerprint density at radius 2 is 2.03 bits per heavy atom. The first-order valence-electron chi connectivity index (χ1n) is 12.0. The van der Waals surface area contributed by atoms with E-state index in [1.807, 2.05) is 31.2 Å². The number of aryl methyl sites for hydroxylation is 1. The predicted octanol–water partition coefficient (Wildman–Crippen LogP) is 2.58. The van der Waals surface area contributed by atoms with Crippen LogP contribution in [-0.4, -0.2) is 86.1 Å². The molecule has 1 aromatic carbocycles. The van der Waals surface area contributed by atoms with Gasteiger partial charge in [0.25, 0.3) is 5.91 Å². The van der Waals surface area contributed by atoms with E-state index in [1.54, 1.807) is 5.48 Å². The monoisotopic (exact) mass is 541 g/mol. The molecule has 12 heteroatoms. The van der Waals surface area contributed by atoms with E-state index >= 15 is 0 Å². The highest BCUT2D eigenvalue weighted by molar-refractivity contribution is 7.89. The largest absolute Gasteiger partial charge is 0.444 e. The maximum absolute atomic E-state index is 13.4. The van der Waals surface area contributed by atoms with Gasteiger partial charge in [-0.25, -0.2) is 18.7 Å². The summed E-state index contributed by atoms with van der Waals surface area (Å²) in [5.41, 5.74) is 3.39. The second-order valence-corrected chi connectivity index (χ2v) is 12.0. The van der Waals surface area contributed by atoms with Gasteiger partial charge < -0.3 is 14.4 Å². The number of nitrogens with zero attached hydrogens (tertiary/aromatic N) is 2. The van der Waals surface area contributed by atoms with Gasteiger partial charge in [-0.05, 0) is 55.0 Å². The number of halogens is 1. The molecule has 0 bridgehead atoms. The van der Waals surface area contributed by atoms with E-state index in [4.69, 9.17) is 21.1 Å². The van der Waals surface area contributed by atoms with E-state index in [0.717, 1.165) is 16.7 Å². The Morgan fingerprint density at radius 1 is 1.28 bits per heavy atom. The number of carbonyl (C=O) groups excluding carboxylic acids is 2. The van der Waals surface area contributed by atoms with Crippen molar-refractivity contribution in [1.82, 2.24) is 14.7 Å². The summed E-state index contributed by atoms with van der Waals surface area (Å²) < 4.78 is 38.8. The summed E-state index contributed by atoms with van der Waals surface area (Å²) in [4.78, 5) is 26.6. The van der Waals surface area contributed by atoms with Crippen LogP contribution in [0.1, 0.15) is 36.8 Å². The standard InChI is InChI=1S/C24H32ClN3O7S/c1-17-2-3-19(25)14-21(17)18-4-9-28(10-5-18)36(32,33)16-24(22(29)26-31)7-11-27(12-8-24)23(30)35-20-6-13-34-15-20/h2-4,14,20,31H,5-13,15-16H2,1H3,(H,26,29)/t20-/m0/s1. The average molecular weight is 542 g/mol. The summed E-state index contributed by atoms with van der Waals surface area (Å²) in [7, 11) is -3.84. The minimum absolute atomic E-state index is 0.0888. The van der Waals surface area contributed by atoms with Crippen molar-refractivity contribution in [3.8, 4) is 0 Å². The molecule has 1 aromatic rings. The summed E-state index contributed by atoms with van der Waals surface area (Å²) in [6, 6.07) is 5.63. The number of hydrogen-bond acceptors (Lipinski definition) is 7. The SMILES string of the molecule is Cc1ccc(Cl)cc1C1=CCN(S(=O)(=O)CC2(C(=O)NO)CCN(C(=O)O[C@H]3CCOC3)CC2)CC1. The van der Waals surface area contributed by atoms with Crippen LogP contribution in [0.3, 0.4) is 0 Å². The predicted molar refractivity (Wildman–Crippen MR) is 133 cm³/mol. The van der Waals surface area contributed by atoms with Crippen molar-refractivity contribution in [3.05, 3.63) is 40.4 Å². The van der Waals surface area contributed by atoms with Crippen LogP contribution < -0.4 is 5.48 Å². The number of hydroxylamine groups is 1. The summed E-state index contributed by atoms with van der Waals surface area (Å²) in [5.74, 6) is -1.21. The molecule has 3 aliphatic rings. The van der Waals surface area contributed by atoms with Gasteiger partial charge >= 0.3 is 6.09 Å². The quantitative estimate of drug-likeness (QED) is 0.419. The van der Waals surface area contributed by atoms with E-state index in [0.29, 0.717) is 31.1 Å². The van der Waals surface area contributed by atoms with Crippen LogP contribution in [0.15, 0.2) is 24.3 Å². The van der Waals surface area contributed by atoms with Crippen LogP contribution in [0, 0.1) is 12.3 Å². The van der Waals surface area contributed by atoms with Crippen molar-refractivity contribution in [3.63, 3.8) is 0 Å². The Kier molecular flexibility index (Phi) is 8.25. The fourth-order valence-corrected chi connectivity index (χ4v) is 7.17. The maximum Gasteiger partial charge on any atom is 0.410 e. The normalized spacial score (nSPS) is 22.7. The number of piperidine rings is 1. The van der Waals surface area contributed by atoms with Crippen LogP contribution in [0.25, 0.3) is 5.57 Å². The summed E-state index contributed by atoms with van der Waals surface area (Å²) >= 11 is 6.15. The van der Waals surface area contributed by atoms with E-state index < -0.39 is 33.2 Å². The molecule has 2 amide bonds. The molecule has 2 N–H and O–H groups in total. The van der Waals surface area contributed by atoms with Gasteiger partial charge in [0.1, 0.15) is 6.10 Å². The van der Waals surface area contributed by atoms with Crippen molar-refractivity contribution >= 4 is 39.2 Å². The van der Waals surface area contributed by atoms with E-state index in [9.17, 15) is 23.2 Å². The van der Waals surface area contributed by atoms with Crippen molar-refractivity contribution in [2.45, 2.75) is 38.7 Å². The fourth-order valence-electron chi connectivity index (χ4n) is 5.02. The van der Waals surface area contributed by atoms with Crippen LogP contribution in [0.2, 0.25) is 5.02 Å². The number of amides is 2. The number of ether oxygens (including phenoxy) is 2. The zero-order chi connectivity index (χ0) is 25.9. The molecule has 2 saturated heterocycles. The third kappa shape index (κ3) is 5.86. The van der Waals surface area contributed by atoms with E-state index in [2.05, 4.69) is 0 Å². The van der Waals surface area contributed by atoms with Crippen LogP contribution in [0.5, 0.6) is 0 Å². The van der Waals surface area contributed by atoms with Gasteiger partial charge in [0.05, 0.1) is 24.4 Å². The molecule has 10 nitrogen and oxygen atoms in total. The first-order chi connectivity index (χ1) is 17.1. The number of sulfonamides is 1. The molecule has 0 aliphatic carbocycles. The molecule has 2 fully saturated rings. The van der Waals surface area contributed by atoms with Gasteiger partial charge in [0.15, 0.2) is 0 Å². The zero-order valence-electron chi connectivity index (χ0n) is 20.2. The Bertz CT molecular complexity index is 1130. The molecular weight excluding hydrogens is 510 g/mol. The first-order valence-corrected chi connectivity index (χ1v) is 14.0. The Balaban J connectivity index is 1.42. The van der Waals surface area contributed by atoms with Crippen molar-refractivity contribution in [1.29, 1.82) is 0 Å². The van der Waals surface area contributed by atoms with Crippen molar-refractivity contribution < 1.29 is 32.7 Å². The van der Waals surface area contributed by atoms with Gasteiger partial charge in [-0.1, -0.05) is 23.7 Å². The average Bonchev–Trinajstić information content (AvgIpc) is 3.38. The molecule has 198 valence electrons. The van der Waals surface area contributed by atoms with E-state index in [1.165, 1.54) is 9.21 Å². The number of hydrogen-bond donors (Lipinski definition) is 2. The lowest BCUT2D eigenvalue weighted by Crippen LogP contribution is -2.54. The third-order valence-corrected chi connectivity index (χ3v) is 9.56. The number of likely N-dealkylation sites (tertiary alicyclic amines) is 1. The second kappa shape index (κ2) is 11.1. The smallest absolute Gasteiger partial charge is 0.410 e. The van der Waals surface area contributed by atoms with Crippen LogP contribution in [-0.2, 0) is 24.3 Å². The topological polar surface area (TPSA) is 125 Å². The Labute approximate surface area is 216 Å². The lowest BCUT2D eigenvalue weighted by molar-refractivity contribution is -0.141. The van der Waals surface area contributed by atoms with Crippen LogP contribution in [0.4, 0.5) is 4.79 Å². The molecule has 0 unspecified atom stereocenters. The third-order valence-electron chi connectivity index (χ3n) is 7.29. The molecule has 3 aliphatic heterocycles. The second-order valence-electron chi connectivity index (χ2n) is 9.63. The van der Waals surface area contributed by atoms with Gasteiger partial charge in [-0.3, -0.25) is 10.0 Å². The van der Waals surface area contributed by atoms with Gasteiger partial charge in [0.2, 0.25) is 10.0 Å². The lowest BCUT2D eigenvalue weighted by atomic mass is 9.79. The minimum atomic E-state index is -3.84. The zero-order valence-corrected chi connectivity index (χ0v) is 21.8. The highest BCUT2D eigenvalue weighted by Crippen LogP contribution is 2.36. The summed E-state index contributed by atoms with van der Waals surface area (Å²) in [5, 5.41) is 10.0. The molecule has 4 rings (SSSR count). The van der Waals surface area contributed by atoms with Crippen molar-refractivity contribution in [2.24, 2.45) is 5.41 Å². The number of carbonyl (C=O) groups is 2. The molecule has 3 heterocycles. The van der Waals surface area contributed by atoms with Crippen LogP contribution >= 0.6 is 11.6 Å². The minimum Gasteiger partial charge on any atom is -0.444 e. The summed E-state index contributed by atoms with van der Waals surface area (Å²) in [6.07, 6.45) is 2.41. The number of benzene rings is 1. The van der Waals surface area contributed by atoms with Gasteiger partial charge in [-0.2, -0.15) is 4.31 Å². The molecule has 0 spiro atoms. The molecule has 0 saturated carbocycles. The van der Waals surface area contributed by atoms with Gasteiger partial charge in [-0.15, -0.1) is 0 Å². The molecule has 1 atom stereocenters. The molecule has 0 radical (unpaired) electrons. The Hall–Kier alpha value is -2.18. The van der Waals surface area contributed by atoms with Crippen molar-refractivity contribution in [2.75, 3.05) is 45.1 Å². The maximum atomic E-state index is 13.4. The van der Waals surface area contributed by atoms with E-state index in [-0.39, 0.29) is 45.1 Å². The number of nitrogens with one attached hydrogen (secondary N) is 1. The number of rotatable bonds is 6. The Morgan fingerprint density at radius 3 is 2.64 bits per heavy atom. The molecule has 0 aromatic heterocycles. The van der Waals surface area contributed by atoms with Gasteiger partial charge in [0, 0.05) is 37.6 Å². The highest BCUT2D eigenvalue weighted by Gasteiger charge is 2.47. The summed E-state index contributed by atoms with van der Waals surface area (Å²) in [6.45, 7) is 3.64. The first kappa shape index (κ1) is 26.9. The highest BCUT2D eigenvalue weighted by atomic mass is 35.5. The lowest BCUT2D eigenvalue weighted by Gasteiger charge is -2.40. The molecule has 36 heavy (non-hydrogen) atoms. The fraction of sp³-hybridized carbons (Fsp3) is 0.583.